The SMILES string of the molecule is CCOc1ccc(N(CC(=O)N(Cc2c(Cl)cccc2Cl)C(CC)C(=O)NC2CCCC2)S(=O)(=O)c2ccc(F)cc2)cc1. The number of amides is 2. The molecule has 1 atom stereocenters. The molecule has 0 saturated heterocycles. The van der Waals surface area contributed by atoms with Crippen molar-refractivity contribution in [2.45, 2.75) is 69.5 Å². The molecule has 236 valence electrons. The van der Waals surface area contributed by atoms with E-state index < -0.39 is 34.3 Å². The van der Waals surface area contributed by atoms with E-state index in [4.69, 9.17) is 27.9 Å². The smallest absolute Gasteiger partial charge is 0.264 e. The van der Waals surface area contributed by atoms with Gasteiger partial charge in [0, 0.05) is 28.2 Å². The van der Waals surface area contributed by atoms with Gasteiger partial charge in [-0.15, -0.1) is 0 Å². The molecular formula is C32H36Cl2FN3O5S. The van der Waals surface area contributed by atoms with E-state index in [1.807, 2.05) is 6.92 Å². The van der Waals surface area contributed by atoms with Crippen molar-refractivity contribution < 1.29 is 27.1 Å². The fourth-order valence-electron chi connectivity index (χ4n) is 5.28. The number of hydrogen-bond acceptors (Lipinski definition) is 5. The normalized spacial score (nSPS) is 14.2. The number of hydrogen-bond donors (Lipinski definition) is 1. The van der Waals surface area contributed by atoms with Crippen LogP contribution in [-0.2, 0) is 26.2 Å². The first-order chi connectivity index (χ1) is 21.0. The number of carbonyl (C=O) groups excluding carboxylic acids is 2. The first kappa shape index (κ1) is 33.6. The van der Waals surface area contributed by atoms with Gasteiger partial charge in [-0.2, -0.15) is 0 Å². The molecular weight excluding hydrogens is 628 g/mol. The van der Waals surface area contributed by atoms with Gasteiger partial charge in [0.15, 0.2) is 0 Å². The van der Waals surface area contributed by atoms with Crippen LogP contribution < -0.4 is 14.4 Å². The van der Waals surface area contributed by atoms with Gasteiger partial charge in [0.05, 0.1) is 17.2 Å². The molecule has 1 saturated carbocycles. The van der Waals surface area contributed by atoms with E-state index in [-0.39, 0.29) is 35.5 Å². The van der Waals surface area contributed by atoms with Gasteiger partial charge in [0.25, 0.3) is 10.0 Å². The molecule has 1 aliphatic carbocycles. The Balaban J connectivity index is 1.74. The van der Waals surface area contributed by atoms with Crippen LogP contribution in [-0.4, -0.2) is 50.4 Å². The number of nitrogens with zero attached hydrogens (tertiary/aromatic N) is 2. The van der Waals surface area contributed by atoms with Crippen molar-refractivity contribution in [3.63, 3.8) is 0 Å². The first-order valence-corrected chi connectivity index (χ1v) is 16.8. The van der Waals surface area contributed by atoms with Crippen molar-refractivity contribution in [3.05, 3.63) is 88.2 Å². The zero-order valence-electron chi connectivity index (χ0n) is 24.6. The summed E-state index contributed by atoms with van der Waals surface area (Å²) in [5.74, 6) is -1.06. The summed E-state index contributed by atoms with van der Waals surface area (Å²) in [6.07, 6.45) is 4.00. The Kier molecular flexibility index (Phi) is 11.5. The maximum absolute atomic E-state index is 14.3. The van der Waals surface area contributed by atoms with Gasteiger partial charge in [0.1, 0.15) is 24.2 Å². The second kappa shape index (κ2) is 15.1. The Bertz CT molecular complexity index is 1530. The van der Waals surface area contributed by atoms with Gasteiger partial charge >= 0.3 is 0 Å². The number of ether oxygens (including phenoxy) is 1. The Morgan fingerprint density at radius 2 is 1.59 bits per heavy atom. The van der Waals surface area contributed by atoms with E-state index in [2.05, 4.69) is 5.32 Å². The Hall–Kier alpha value is -3.34. The van der Waals surface area contributed by atoms with Crippen molar-refractivity contribution in [2.24, 2.45) is 0 Å². The van der Waals surface area contributed by atoms with Crippen LogP contribution in [0.4, 0.5) is 10.1 Å². The first-order valence-electron chi connectivity index (χ1n) is 14.6. The fourth-order valence-corrected chi connectivity index (χ4v) is 7.21. The molecule has 12 heteroatoms. The lowest BCUT2D eigenvalue weighted by Crippen LogP contribution is -2.53. The van der Waals surface area contributed by atoms with Crippen LogP contribution in [0.5, 0.6) is 5.75 Å². The number of sulfonamides is 1. The van der Waals surface area contributed by atoms with Crippen molar-refractivity contribution in [3.8, 4) is 5.75 Å². The predicted molar refractivity (Wildman–Crippen MR) is 170 cm³/mol. The van der Waals surface area contributed by atoms with Gasteiger partial charge in [-0.1, -0.05) is 49.0 Å². The van der Waals surface area contributed by atoms with E-state index in [1.54, 1.807) is 37.3 Å². The van der Waals surface area contributed by atoms with E-state index in [1.165, 1.54) is 17.0 Å². The lowest BCUT2D eigenvalue weighted by atomic mass is 10.1. The topological polar surface area (TPSA) is 96.0 Å². The molecule has 0 heterocycles. The average molecular weight is 665 g/mol. The zero-order valence-corrected chi connectivity index (χ0v) is 27.0. The molecule has 44 heavy (non-hydrogen) atoms. The van der Waals surface area contributed by atoms with Gasteiger partial charge in [0.2, 0.25) is 11.8 Å². The third kappa shape index (κ3) is 8.02. The van der Waals surface area contributed by atoms with Crippen LogP contribution in [0.3, 0.4) is 0 Å². The predicted octanol–water partition coefficient (Wildman–Crippen LogP) is 6.59. The highest BCUT2D eigenvalue weighted by Crippen LogP contribution is 2.30. The number of rotatable bonds is 13. The number of nitrogens with one attached hydrogen (secondary N) is 1. The van der Waals surface area contributed by atoms with Crippen molar-refractivity contribution in [1.82, 2.24) is 10.2 Å². The highest BCUT2D eigenvalue weighted by molar-refractivity contribution is 7.92. The largest absolute Gasteiger partial charge is 0.494 e. The van der Waals surface area contributed by atoms with Crippen molar-refractivity contribution >= 4 is 50.7 Å². The van der Waals surface area contributed by atoms with Crippen molar-refractivity contribution in [1.29, 1.82) is 0 Å². The number of anilines is 1. The standard InChI is InChI=1S/C32H36Cl2FN3O5S/c1-3-30(32(40)36-23-8-5-6-9-23)37(20-27-28(33)10-7-11-29(27)34)31(39)21-38(24-14-16-25(17-15-24)43-4-2)44(41,42)26-18-12-22(35)13-19-26/h7,10-19,23,30H,3-6,8-9,20-21H2,1-2H3,(H,36,40). The molecule has 3 aromatic rings. The van der Waals surface area contributed by atoms with Crippen LogP contribution >= 0.6 is 23.2 Å². The molecule has 1 unspecified atom stereocenters. The van der Waals surface area contributed by atoms with E-state index in [0.717, 1.165) is 54.3 Å². The molecule has 1 N–H and O–H groups in total. The monoisotopic (exact) mass is 663 g/mol. The summed E-state index contributed by atoms with van der Waals surface area (Å²) in [4.78, 5) is 29.0. The summed E-state index contributed by atoms with van der Waals surface area (Å²) in [6.45, 7) is 3.25. The Labute approximate surface area is 268 Å². The van der Waals surface area contributed by atoms with Crippen LogP contribution in [0.1, 0.15) is 51.5 Å². The molecule has 2 amide bonds. The lowest BCUT2D eigenvalue weighted by Gasteiger charge is -2.34. The maximum Gasteiger partial charge on any atom is 0.264 e. The fraction of sp³-hybridized carbons (Fsp3) is 0.375. The minimum absolute atomic E-state index is 0.0107. The van der Waals surface area contributed by atoms with E-state index in [0.29, 0.717) is 28.0 Å². The number of halogens is 3. The molecule has 1 fully saturated rings. The van der Waals surface area contributed by atoms with Crippen molar-refractivity contribution in [2.75, 3.05) is 17.5 Å². The molecule has 8 nitrogen and oxygen atoms in total. The second-order valence-corrected chi connectivity index (χ2v) is 13.2. The third-order valence-electron chi connectivity index (χ3n) is 7.59. The molecule has 1 aliphatic rings. The minimum atomic E-state index is -4.36. The molecule has 0 radical (unpaired) electrons. The lowest BCUT2D eigenvalue weighted by molar-refractivity contribution is -0.140. The molecule has 0 aromatic heterocycles. The van der Waals surface area contributed by atoms with Crippen LogP contribution in [0.2, 0.25) is 10.0 Å². The summed E-state index contributed by atoms with van der Waals surface area (Å²) in [7, 11) is -4.36. The zero-order chi connectivity index (χ0) is 31.9. The number of carbonyl (C=O) groups is 2. The average Bonchev–Trinajstić information content (AvgIpc) is 3.51. The summed E-state index contributed by atoms with van der Waals surface area (Å²) >= 11 is 13.0. The summed E-state index contributed by atoms with van der Waals surface area (Å²) in [5.41, 5.74) is 0.621. The highest BCUT2D eigenvalue weighted by Gasteiger charge is 2.35. The molecule has 3 aromatic carbocycles. The van der Waals surface area contributed by atoms with E-state index in [9.17, 15) is 22.4 Å². The van der Waals surface area contributed by atoms with E-state index >= 15 is 0 Å². The number of benzene rings is 3. The Morgan fingerprint density at radius 1 is 0.977 bits per heavy atom. The van der Waals surface area contributed by atoms with Gasteiger partial charge in [-0.3, -0.25) is 13.9 Å². The molecule has 0 bridgehead atoms. The molecule has 0 aliphatic heterocycles. The van der Waals surface area contributed by atoms with Crippen LogP contribution in [0, 0.1) is 5.82 Å². The van der Waals surface area contributed by atoms with Gasteiger partial charge < -0.3 is 15.0 Å². The van der Waals surface area contributed by atoms with Crippen LogP contribution in [0.15, 0.2) is 71.6 Å². The third-order valence-corrected chi connectivity index (χ3v) is 10.1. The van der Waals surface area contributed by atoms with Crippen LogP contribution in [0.25, 0.3) is 0 Å². The second-order valence-electron chi connectivity index (χ2n) is 10.5. The summed E-state index contributed by atoms with van der Waals surface area (Å²) in [6, 6.07) is 14.6. The quantitative estimate of drug-likeness (QED) is 0.223. The highest BCUT2D eigenvalue weighted by atomic mass is 35.5. The minimum Gasteiger partial charge on any atom is -0.494 e. The molecule has 4 rings (SSSR count). The van der Waals surface area contributed by atoms with Gasteiger partial charge in [-0.05, 0) is 86.8 Å². The Morgan fingerprint density at radius 3 is 2.16 bits per heavy atom. The maximum atomic E-state index is 14.3. The summed E-state index contributed by atoms with van der Waals surface area (Å²) < 4.78 is 48.1. The summed E-state index contributed by atoms with van der Waals surface area (Å²) in [5, 5.41) is 3.68. The van der Waals surface area contributed by atoms with Gasteiger partial charge in [-0.25, -0.2) is 12.8 Å². The molecule has 0 spiro atoms.